The predicted molar refractivity (Wildman–Crippen MR) is 41.8 cm³/mol. The Labute approximate surface area is 75.7 Å². The SMILES string of the molecule is Fc1ncc(C(F)F)cc1CBr. The predicted octanol–water partition coefficient (Wildman–Crippen LogP) is 3.05. The molecule has 1 aromatic heterocycles. The van der Waals surface area contributed by atoms with E-state index in [4.69, 9.17) is 0 Å². The summed E-state index contributed by atoms with van der Waals surface area (Å²) >= 11 is 2.97. The van der Waals surface area contributed by atoms with Crippen molar-refractivity contribution in [3.8, 4) is 0 Å². The lowest BCUT2D eigenvalue weighted by Crippen LogP contribution is -1.94. The molecule has 0 atom stereocenters. The van der Waals surface area contributed by atoms with E-state index in [0.717, 1.165) is 12.3 Å². The molecule has 12 heavy (non-hydrogen) atoms. The summed E-state index contributed by atoms with van der Waals surface area (Å²) in [5.74, 6) is -0.712. The van der Waals surface area contributed by atoms with Gasteiger partial charge in [-0.15, -0.1) is 0 Å². The van der Waals surface area contributed by atoms with Gasteiger partial charge in [0.15, 0.2) is 0 Å². The highest BCUT2D eigenvalue weighted by atomic mass is 79.9. The highest BCUT2D eigenvalue weighted by molar-refractivity contribution is 9.08. The molecular weight excluding hydrogens is 235 g/mol. The van der Waals surface area contributed by atoms with Crippen LogP contribution in [0.25, 0.3) is 0 Å². The topological polar surface area (TPSA) is 12.9 Å². The largest absolute Gasteiger partial charge is 0.265 e. The van der Waals surface area contributed by atoms with E-state index in [9.17, 15) is 13.2 Å². The van der Waals surface area contributed by atoms with Gasteiger partial charge in [-0.3, -0.25) is 0 Å². The minimum absolute atomic E-state index is 0.146. The van der Waals surface area contributed by atoms with Crippen LogP contribution in [-0.4, -0.2) is 4.98 Å². The van der Waals surface area contributed by atoms with Crippen LogP contribution in [0.4, 0.5) is 13.2 Å². The number of hydrogen-bond donors (Lipinski definition) is 0. The lowest BCUT2D eigenvalue weighted by molar-refractivity contribution is 0.150. The summed E-state index contributed by atoms with van der Waals surface area (Å²) in [5.41, 5.74) is -0.112. The van der Waals surface area contributed by atoms with Gasteiger partial charge in [0.05, 0.1) is 0 Å². The number of aromatic nitrogens is 1. The summed E-state index contributed by atoms with van der Waals surface area (Å²) < 4.78 is 36.7. The second-order valence-corrected chi connectivity index (χ2v) is 2.71. The first kappa shape index (κ1) is 9.51. The maximum Gasteiger partial charge on any atom is 0.265 e. The zero-order chi connectivity index (χ0) is 9.14. The molecule has 5 heteroatoms. The Morgan fingerprint density at radius 2 is 2.17 bits per heavy atom. The normalized spacial score (nSPS) is 10.8. The number of halogens is 4. The van der Waals surface area contributed by atoms with Crippen molar-refractivity contribution in [2.75, 3.05) is 0 Å². The maximum absolute atomic E-state index is 12.6. The molecular formula is C7H5BrF3N. The molecule has 1 heterocycles. The molecule has 0 unspecified atom stereocenters. The molecule has 1 rings (SSSR count). The molecule has 66 valence electrons. The van der Waals surface area contributed by atoms with Gasteiger partial charge in [-0.25, -0.2) is 13.8 Å². The Kier molecular flexibility index (Phi) is 3.08. The van der Waals surface area contributed by atoms with E-state index in [1.54, 1.807) is 0 Å². The summed E-state index contributed by atoms with van der Waals surface area (Å²) in [6.07, 6.45) is -1.76. The molecule has 0 radical (unpaired) electrons. The molecule has 0 spiro atoms. The smallest absolute Gasteiger partial charge is 0.228 e. The summed E-state index contributed by atoms with van der Waals surface area (Å²) in [6.45, 7) is 0. The monoisotopic (exact) mass is 239 g/mol. The molecule has 0 amide bonds. The van der Waals surface area contributed by atoms with Crippen LogP contribution < -0.4 is 0 Å². The van der Waals surface area contributed by atoms with Gasteiger partial charge in [-0.2, -0.15) is 4.39 Å². The molecule has 0 aliphatic heterocycles. The van der Waals surface area contributed by atoms with Crippen molar-refractivity contribution in [3.05, 3.63) is 29.3 Å². The molecule has 1 aromatic rings. The van der Waals surface area contributed by atoms with Crippen LogP contribution in [0.5, 0.6) is 0 Å². The first-order chi connectivity index (χ1) is 5.65. The van der Waals surface area contributed by atoms with E-state index in [1.165, 1.54) is 0 Å². The third kappa shape index (κ3) is 1.97. The number of rotatable bonds is 2. The molecule has 1 nitrogen and oxygen atoms in total. The summed E-state index contributed by atoms with van der Waals surface area (Å²) in [5, 5.41) is 0.187. The van der Waals surface area contributed by atoms with Crippen LogP contribution in [0, 0.1) is 5.95 Å². The van der Waals surface area contributed by atoms with Crippen molar-refractivity contribution in [1.29, 1.82) is 0 Å². The average molecular weight is 240 g/mol. The van der Waals surface area contributed by atoms with Crippen molar-refractivity contribution < 1.29 is 13.2 Å². The molecule has 0 bridgehead atoms. The minimum Gasteiger partial charge on any atom is -0.228 e. The average Bonchev–Trinajstić information content (AvgIpc) is 2.05. The van der Waals surface area contributed by atoms with Crippen molar-refractivity contribution in [2.45, 2.75) is 11.8 Å². The first-order valence-corrected chi connectivity index (χ1v) is 4.25. The fourth-order valence-corrected chi connectivity index (χ4v) is 1.12. The minimum atomic E-state index is -2.60. The highest BCUT2D eigenvalue weighted by Gasteiger charge is 2.10. The quantitative estimate of drug-likeness (QED) is 0.571. The Morgan fingerprint density at radius 1 is 1.50 bits per heavy atom. The third-order valence-electron chi connectivity index (χ3n) is 1.33. The second-order valence-electron chi connectivity index (χ2n) is 2.15. The van der Waals surface area contributed by atoms with Crippen molar-refractivity contribution >= 4 is 15.9 Å². The fourth-order valence-electron chi connectivity index (χ4n) is 0.725. The van der Waals surface area contributed by atoms with Gasteiger partial charge in [0.2, 0.25) is 5.95 Å². The van der Waals surface area contributed by atoms with Crippen LogP contribution in [0.1, 0.15) is 17.6 Å². The van der Waals surface area contributed by atoms with Crippen LogP contribution in [0.3, 0.4) is 0 Å². The van der Waals surface area contributed by atoms with Crippen LogP contribution in [0.2, 0.25) is 0 Å². The van der Waals surface area contributed by atoms with E-state index in [2.05, 4.69) is 20.9 Å². The van der Waals surface area contributed by atoms with E-state index in [0.29, 0.717) is 0 Å². The zero-order valence-electron chi connectivity index (χ0n) is 5.90. The third-order valence-corrected chi connectivity index (χ3v) is 1.93. The first-order valence-electron chi connectivity index (χ1n) is 3.13. The van der Waals surface area contributed by atoms with Crippen LogP contribution in [-0.2, 0) is 5.33 Å². The summed E-state index contributed by atoms with van der Waals surface area (Å²) in [4.78, 5) is 3.19. The van der Waals surface area contributed by atoms with Gasteiger partial charge >= 0.3 is 0 Å². The Bertz CT molecular complexity index is 277. The van der Waals surface area contributed by atoms with Gasteiger partial charge in [0, 0.05) is 22.7 Å². The molecule has 0 aromatic carbocycles. The van der Waals surface area contributed by atoms with Gasteiger partial charge in [-0.1, -0.05) is 15.9 Å². The highest BCUT2D eigenvalue weighted by Crippen LogP contribution is 2.20. The number of pyridine rings is 1. The van der Waals surface area contributed by atoms with Gasteiger partial charge in [0.25, 0.3) is 6.43 Å². The number of hydrogen-bond acceptors (Lipinski definition) is 1. The fraction of sp³-hybridized carbons (Fsp3) is 0.286. The maximum atomic E-state index is 12.6. The summed E-state index contributed by atoms with van der Waals surface area (Å²) in [6, 6.07) is 1.10. The lowest BCUT2D eigenvalue weighted by atomic mass is 10.2. The van der Waals surface area contributed by atoms with Crippen LogP contribution >= 0.6 is 15.9 Å². The van der Waals surface area contributed by atoms with Crippen molar-refractivity contribution in [2.24, 2.45) is 0 Å². The van der Waals surface area contributed by atoms with Crippen LogP contribution in [0.15, 0.2) is 12.3 Å². The van der Waals surface area contributed by atoms with Gasteiger partial charge < -0.3 is 0 Å². The molecule has 0 aliphatic carbocycles. The zero-order valence-corrected chi connectivity index (χ0v) is 7.48. The Hall–Kier alpha value is -0.580. The molecule has 0 saturated carbocycles. The van der Waals surface area contributed by atoms with E-state index < -0.39 is 12.4 Å². The summed E-state index contributed by atoms with van der Waals surface area (Å²) in [7, 11) is 0. The van der Waals surface area contributed by atoms with E-state index in [1.807, 2.05) is 0 Å². The molecule has 0 saturated heterocycles. The standard InChI is InChI=1S/C7H5BrF3N/c8-2-4-1-5(6(9)10)3-12-7(4)11/h1,3,6H,2H2. The Morgan fingerprint density at radius 3 is 2.67 bits per heavy atom. The van der Waals surface area contributed by atoms with Gasteiger partial charge in [-0.05, 0) is 6.07 Å². The van der Waals surface area contributed by atoms with E-state index >= 15 is 0 Å². The Balaban J connectivity index is 3.05. The van der Waals surface area contributed by atoms with Crippen molar-refractivity contribution in [3.63, 3.8) is 0 Å². The lowest BCUT2D eigenvalue weighted by Gasteiger charge is -2.01. The molecule has 0 fully saturated rings. The van der Waals surface area contributed by atoms with E-state index in [-0.39, 0.29) is 16.5 Å². The molecule has 0 N–H and O–H groups in total. The molecule has 0 aliphatic rings. The van der Waals surface area contributed by atoms with Gasteiger partial charge in [0.1, 0.15) is 0 Å². The number of alkyl halides is 3. The second kappa shape index (κ2) is 3.89. The van der Waals surface area contributed by atoms with Crippen molar-refractivity contribution in [1.82, 2.24) is 4.98 Å². The number of nitrogens with zero attached hydrogens (tertiary/aromatic N) is 1.